The quantitative estimate of drug-likeness (QED) is 0.289. The van der Waals surface area contributed by atoms with Crippen molar-refractivity contribution in [1.82, 2.24) is 28.8 Å². The van der Waals surface area contributed by atoms with Gasteiger partial charge in [0.2, 0.25) is 0 Å². The van der Waals surface area contributed by atoms with Crippen LogP contribution in [0.1, 0.15) is 11.6 Å². The Balaban J connectivity index is 1.39. The van der Waals surface area contributed by atoms with E-state index in [0.29, 0.717) is 23.0 Å². The molecule has 5 aromatic rings. The van der Waals surface area contributed by atoms with Crippen LogP contribution in [0.25, 0.3) is 38.8 Å². The van der Waals surface area contributed by atoms with Gasteiger partial charge in [-0.2, -0.15) is 18.3 Å². The van der Waals surface area contributed by atoms with Crippen LogP contribution in [0.5, 0.6) is 0 Å². The van der Waals surface area contributed by atoms with Crippen molar-refractivity contribution in [3.63, 3.8) is 0 Å². The number of nitrogens with zero attached hydrogens (tertiary/aromatic N) is 6. The maximum Gasteiger partial charge on any atom is 0.415 e. The molecule has 3 aromatic heterocycles. The molecular formula is C29H27F3N6O3. The summed E-state index contributed by atoms with van der Waals surface area (Å²) < 4.78 is 49.4. The van der Waals surface area contributed by atoms with Crippen molar-refractivity contribution in [2.24, 2.45) is 7.05 Å². The van der Waals surface area contributed by atoms with Crippen LogP contribution >= 0.6 is 0 Å². The van der Waals surface area contributed by atoms with E-state index < -0.39 is 30.6 Å². The number of carbonyl (C=O) groups excluding carboxylic acids is 1. The number of ether oxygens (including phenoxy) is 1. The molecule has 9 nitrogen and oxygen atoms in total. The molecule has 0 N–H and O–H groups in total. The Morgan fingerprint density at radius 1 is 1.10 bits per heavy atom. The minimum absolute atomic E-state index is 0.0482. The molecule has 0 saturated carbocycles. The summed E-state index contributed by atoms with van der Waals surface area (Å²) >= 11 is 0. The van der Waals surface area contributed by atoms with Gasteiger partial charge in [0.1, 0.15) is 12.3 Å². The molecule has 1 aliphatic rings. The minimum atomic E-state index is -4.51. The van der Waals surface area contributed by atoms with E-state index in [2.05, 4.69) is 10.1 Å². The lowest BCUT2D eigenvalue weighted by Gasteiger charge is -2.34. The van der Waals surface area contributed by atoms with Crippen molar-refractivity contribution in [2.75, 3.05) is 26.2 Å². The first-order chi connectivity index (χ1) is 19.7. The molecule has 1 aliphatic heterocycles. The summed E-state index contributed by atoms with van der Waals surface area (Å²) in [6.45, 7) is 1.54. The molecule has 1 unspecified atom stereocenters. The Kier molecular flexibility index (Phi) is 6.74. The summed E-state index contributed by atoms with van der Waals surface area (Å²) in [7, 11) is 1.85. The highest BCUT2D eigenvalue weighted by molar-refractivity contribution is 5.93. The number of fused-ring (bicyclic) bond motifs is 2. The van der Waals surface area contributed by atoms with E-state index in [9.17, 15) is 22.8 Å². The van der Waals surface area contributed by atoms with Crippen molar-refractivity contribution < 1.29 is 22.7 Å². The number of para-hydroxylation sites is 1. The minimum Gasteiger partial charge on any atom is -0.366 e. The van der Waals surface area contributed by atoms with Crippen LogP contribution in [0.3, 0.4) is 0 Å². The Hall–Kier alpha value is -4.29. The number of morpholine rings is 1. The first-order valence-corrected chi connectivity index (χ1v) is 13.1. The monoisotopic (exact) mass is 564 g/mol. The molecule has 4 heterocycles. The second-order valence-electron chi connectivity index (χ2n) is 10.2. The lowest BCUT2D eigenvalue weighted by atomic mass is 10.0. The van der Waals surface area contributed by atoms with E-state index in [-0.39, 0.29) is 19.7 Å². The Morgan fingerprint density at radius 2 is 1.88 bits per heavy atom. The topological polar surface area (TPSA) is 87.2 Å². The van der Waals surface area contributed by atoms with E-state index in [0.717, 1.165) is 27.6 Å². The van der Waals surface area contributed by atoms with Gasteiger partial charge in [-0.25, -0.2) is 4.79 Å². The predicted molar refractivity (Wildman–Crippen MR) is 147 cm³/mol. The zero-order valence-corrected chi connectivity index (χ0v) is 22.4. The summed E-state index contributed by atoms with van der Waals surface area (Å²) in [4.78, 5) is 32.2. The van der Waals surface area contributed by atoms with Crippen LogP contribution in [0.2, 0.25) is 0 Å². The summed E-state index contributed by atoms with van der Waals surface area (Å²) in [5.74, 6) is 0. The van der Waals surface area contributed by atoms with Crippen LogP contribution in [0.4, 0.5) is 13.2 Å². The van der Waals surface area contributed by atoms with Crippen molar-refractivity contribution in [2.45, 2.75) is 25.2 Å². The molecule has 41 heavy (non-hydrogen) atoms. The maximum absolute atomic E-state index is 14.0. The van der Waals surface area contributed by atoms with Gasteiger partial charge < -0.3 is 9.53 Å². The van der Waals surface area contributed by atoms with Gasteiger partial charge in [-0.05, 0) is 36.2 Å². The van der Waals surface area contributed by atoms with Gasteiger partial charge in [-0.15, -0.1) is 0 Å². The van der Waals surface area contributed by atoms with Gasteiger partial charge in [-0.1, -0.05) is 24.3 Å². The second-order valence-corrected chi connectivity index (χ2v) is 10.2. The van der Waals surface area contributed by atoms with Crippen LogP contribution in [-0.4, -0.2) is 73.6 Å². The van der Waals surface area contributed by atoms with E-state index in [1.807, 2.05) is 44.3 Å². The Labute approximate surface area is 232 Å². The van der Waals surface area contributed by atoms with Gasteiger partial charge in [0, 0.05) is 43.8 Å². The highest BCUT2D eigenvalue weighted by atomic mass is 19.4. The summed E-state index contributed by atoms with van der Waals surface area (Å²) in [6.07, 6.45) is -0.520. The number of hydrogen-bond donors (Lipinski definition) is 0. The predicted octanol–water partition coefficient (Wildman–Crippen LogP) is 4.05. The number of benzene rings is 2. The molecule has 0 aliphatic carbocycles. The second kappa shape index (κ2) is 10.3. The third-order valence-corrected chi connectivity index (χ3v) is 7.66. The van der Waals surface area contributed by atoms with Crippen LogP contribution < -0.4 is 5.69 Å². The molecule has 1 fully saturated rings. The lowest BCUT2D eigenvalue weighted by molar-refractivity contribution is -0.237. The van der Waals surface area contributed by atoms with Crippen molar-refractivity contribution >= 4 is 28.2 Å². The molecular weight excluding hydrogens is 537 g/mol. The fourth-order valence-electron chi connectivity index (χ4n) is 5.59. The molecule has 1 saturated heterocycles. The third-order valence-electron chi connectivity index (χ3n) is 7.66. The first kappa shape index (κ1) is 26.9. The number of aldehydes is 1. The zero-order valence-electron chi connectivity index (χ0n) is 22.4. The average molecular weight is 565 g/mol. The molecule has 0 bridgehead atoms. The Bertz CT molecular complexity index is 1810. The van der Waals surface area contributed by atoms with E-state index in [4.69, 9.17) is 4.74 Å². The number of aryl methyl sites for hydroxylation is 2. The van der Waals surface area contributed by atoms with Crippen molar-refractivity contribution in [1.29, 1.82) is 0 Å². The molecule has 0 radical (unpaired) electrons. The molecule has 2 atom stereocenters. The summed E-state index contributed by atoms with van der Waals surface area (Å²) in [5.41, 5.74) is 4.81. The van der Waals surface area contributed by atoms with Gasteiger partial charge in [0.25, 0.3) is 0 Å². The van der Waals surface area contributed by atoms with Crippen LogP contribution in [0, 0.1) is 6.92 Å². The number of carbonyl (C=O) groups is 1. The zero-order chi connectivity index (χ0) is 28.9. The SMILES string of the molecule is Cc1cccc2c1n(-c1ccc(-c3cncc4c3cnn4C)cc1)c(=O)n2C(C=O)CN1CCO[C@@H](C(F)(F)F)C1. The highest BCUT2D eigenvalue weighted by Crippen LogP contribution is 2.30. The number of imidazole rings is 1. The maximum atomic E-state index is 14.0. The van der Waals surface area contributed by atoms with Gasteiger partial charge in [0.05, 0.1) is 41.2 Å². The molecule has 0 spiro atoms. The van der Waals surface area contributed by atoms with Gasteiger partial charge in [0.15, 0.2) is 6.10 Å². The lowest BCUT2D eigenvalue weighted by Crippen LogP contribution is -2.51. The molecule has 0 amide bonds. The number of rotatable bonds is 6. The highest BCUT2D eigenvalue weighted by Gasteiger charge is 2.43. The fourth-order valence-corrected chi connectivity index (χ4v) is 5.59. The third kappa shape index (κ3) is 4.72. The molecule has 6 rings (SSSR count). The van der Waals surface area contributed by atoms with Crippen molar-refractivity contribution in [3.05, 3.63) is 77.1 Å². The Morgan fingerprint density at radius 3 is 2.61 bits per heavy atom. The van der Waals surface area contributed by atoms with Crippen molar-refractivity contribution in [3.8, 4) is 16.8 Å². The number of pyridine rings is 1. The summed E-state index contributed by atoms with van der Waals surface area (Å²) in [5, 5.41) is 5.27. The fraction of sp³-hybridized carbons (Fsp3) is 0.310. The largest absolute Gasteiger partial charge is 0.415 e. The first-order valence-electron chi connectivity index (χ1n) is 13.1. The molecule has 12 heteroatoms. The number of aromatic nitrogens is 5. The average Bonchev–Trinajstić information content (AvgIpc) is 3.49. The van der Waals surface area contributed by atoms with Gasteiger partial charge >= 0.3 is 11.9 Å². The number of halogens is 3. The van der Waals surface area contributed by atoms with E-state index in [1.165, 1.54) is 9.47 Å². The van der Waals surface area contributed by atoms with E-state index in [1.54, 1.807) is 40.0 Å². The molecule has 2 aromatic carbocycles. The number of alkyl halides is 3. The standard InChI is InChI=1S/C29H27F3N6O3/c1-18-4-3-5-24-27(18)38(20-8-6-19(7-9-20)22-12-33-14-25-23(22)13-34-35(25)2)28(40)37(24)21(17-39)15-36-10-11-41-26(16-36)29(30,31)32/h3-9,12-14,17,21,26H,10-11,15-16H2,1-2H3/t21?,26-/m1/s1. The van der Waals surface area contributed by atoms with Crippen LogP contribution in [0.15, 0.2) is 65.8 Å². The molecule has 212 valence electrons. The normalized spacial score (nSPS) is 17.3. The van der Waals surface area contributed by atoms with E-state index >= 15 is 0 Å². The summed E-state index contributed by atoms with van der Waals surface area (Å²) in [6, 6.07) is 11.9. The van der Waals surface area contributed by atoms with Gasteiger partial charge in [-0.3, -0.25) is 23.7 Å². The smallest absolute Gasteiger partial charge is 0.366 e. The van der Waals surface area contributed by atoms with Crippen LogP contribution in [-0.2, 0) is 16.6 Å². The number of hydrogen-bond acceptors (Lipinski definition) is 6.